The maximum Gasteiger partial charge on any atom is 0.254 e. The zero-order chi connectivity index (χ0) is 18.6. The monoisotopic (exact) mass is 441 g/mol. The van der Waals surface area contributed by atoms with Gasteiger partial charge in [0.05, 0.1) is 15.7 Å². The fourth-order valence-electron chi connectivity index (χ4n) is 3.85. The van der Waals surface area contributed by atoms with Gasteiger partial charge in [-0.15, -0.1) is 11.3 Å². The van der Waals surface area contributed by atoms with Crippen LogP contribution in [-0.4, -0.2) is 34.8 Å². The molecule has 1 aliphatic carbocycles. The Morgan fingerprint density at radius 1 is 1.26 bits per heavy atom. The average molecular weight is 442 g/mol. The molecule has 1 spiro atoms. The minimum atomic E-state index is -0.177. The standard InChI is InChI=1S/C20H16BrN3O2S/c21-12-1-3-14-15(7-12)20(5-6-20)10-24(19(14)26)9-18(25)23-13-2-4-16-17(8-13)27-11-22-16/h1-4,7-8,11H,5-6,9-10H2,(H,23,25). The predicted molar refractivity (Wildman–Crippen MR) is 109 cm³/mol. The van der Waals surface area contributed by atoms with Gasteiger partial charge >= 0.3 is 0 Å². The fraction of sp³-hybridized carbons (Fsp3) is 0.250. The van der Waals surface area contributed by atoms with Crippen LogP contribution in [0.2, 0.25) is 0 Å². The zero-order valence-corrected chi connectivity index (χ0v) is 16.8. The summed E-state index contributed by atoms with van der Waals surface area (Å²) in [7, 11) is 0. The number of amides is 2. The first-order chi connectivity index (χ1) is 13.0. The Hall–Kier alpha value is -2.25. The summed E-state index contributed by atoms with van der Waals surface area (Å²) in [6, 6.07) is 11.5. The van der Waals surface area contributed by atoms with Crippen molar-refractivity contribution >= 4 is 55.0 Å². The molecule has 1 aromatic heterocycles. The molecule has 27 heavy (non-hydrogen) atoms. The van der Waals surface area contributed by atoms with Crippen LogP contribution in [0.5, 0.6) is 0 Å². The number of rotatable bonds is 3. The van der Waals surface area contributed by atoms with Gasteiger partial charge in [0.15, 0.2) is 0 Å². The number of nitrogens with zero attached hydrogens (tertiary/aromatic N) is 2. The molecule has 0 radical (unpaired) electrons. The van der Waals surface area contributed by atoms with E-state index in [9.17, 15) is 9.59 Å². The summed E-state index contributed by atoms with van der Waals surface area (Å²) in [5.41, 5.74) is 5.30. The molecule has 7 heteroatoms. The summed E-state index contributed by atoms with van der Waals surface area (Å²) in [4.78, 5) is 31.4. The number of aromatic nitrogens is 1. The largest absolute Gasteiger partial charge is 0.328 e. The summed E-state index contributed by atoms with van der Waals surface area (Å²) in [6.45, 7) is 0.674. The molecule has 2 aromatic carbocycles. The number of nitrogens with one attached hydrogen (secondary N) is 1. The summed E-state index contributed by atoms with van der Waals surface area (Å²) in [5.74, 6) is -0.244. The number of fused-ring (bicyclic) bond motifs is 3. The normalized spacial score (nSPS) is 17.2. The molecule has 5 nitrogen and oxygen atoms in total. The third-order valence-electron chi connectivity index (χ3n) is 5.37. The van der Waals surface area contributed by atoms with Crippen molar-refractivity contribution in [3.63, 3.8) is 0 Å². The molecular formula is C20H16BrN3O2S. The van der Waals surface area contributed by atoms with Crippen molar-refractivity contribution in [3.8, 4) is 0 Å². The van der Waals surface area contributed by atoms with Crippen molar-refractivity contribution in [1.82, 2.24) is 9.88 Å². The van der Waals surface area contributed by atoms with E-state index in [1.54, 1.807) is 10.4 Å². The van der Waals surface area contributed by atoms with Crippen LogP contribution in [0.1, 0.15) is 28.8 Å². The van der Waals surface area contributed by atoms with Crippen molar-refractivity contribution in [1.29, 1.82) is 0 Å². The highest BCUT2D eigenvalue weighted by atomic mass is 79.9. The molecule has 136 valence electrons. The quantitative estimate of drug-likeness (QED) is 0.662. The number of anilines is 1. The Morgan fingerprint density at radius 2 is 2.11 bits per heavy atom. The van der Waals surface area contributed by atoms with Gasteiger partial charge < -0.3 is 10.2 Å². The molecule has 1 aliphatic heterocycles. The van der Waals surface area contributed by atoms with E-state index in [0.29, 0.717) is 6.54 Å². The smallest absolute Gasteiger partial charge is 0.254 e. The molecule has 3 aromatic rings. The first-order valence-electron chi connectivity index (χ1n) is 8.77. The number of carbonyl (C=O) groups is 2. The third-order valence-corrected chi connectivity index (χ3v) is 6.65. The summed E-state index contributed by atoms with van der Waals surface area (Å²) in [5, 5.41) is 2.91. The van der Waals surface area contributed by atoms with E-state index in [4.69, 9.17) is 0 Å². The molecule has 1 N–H and O–H groups in total. The number of hydrogen-bond donors (Lipinski definition) is 1. The molecule has 5 rings (SSSR count). The summed E-state index contributed by atoms with van der Waals surface area (Å²) < 4.78 is 2.02. The van der Waals surface area contributed by atoms with Crippen molar-refractivity contribution in [2.24, 2.45) is 0 Å². The minimum Gasteiger partial charge on any atom is -0.328 e. The van der Waals surface area contributed by atoms with Crippen LogP contribution in [0.15, 0.2) is 46.4 Å². The van der Waals surface area contributed by atoms with Crippen LogP contribution in [0.3, 0.4) is 0 Å². The van der Waals surface area contributed by atoms with E-state index < -0.39 is 0 Å². The fourth-order valence-corrected chi connectivity index (χ4v) is 4.92. The minimum absolute atomic E-state index is 0.0227. The second-order valence-electron chi connectivity index (χ2n) is 7.21. The molecule has 2 aliphatic rings. The summed E-state index contributed by atoms with van der Waals surface area (Å²) >= 11 is 5.04. The van der Waals surface area contributed by atoms with Gasteiger partial charge in [-0.2, -0.15) is 0 Å². The highest BCUT2D eigenvalue weighted by Crippen LogP contribution is 2.52. The number of benzene rings is 2. The van der Waals surface area contributed by atoms with E-state index in [2.05, 4.69) is 32.3 Å². The molecule has 1 fully saturated rings. The lowest BCUT2D eigenvalue weighted by atomic mass is 9.86. The van der Waals surface area contributed by atoms with Gasteiger partial charge in [-0.05, 0) is 54.8 Å². The van der Waals surface area contributed by atoms with E-state index in [0.717, 1.165) is 44.3 Å². The predicted octanol–water partition coefficient (Wildman–Crippen LogP) is 4.18. The lowest BCUT2D eigenvalue weighted by Gasteiger charge is -2.34. The maximum absolute atomic E-state index is 12.9. The van der Waals surface area contributed by atoms with Gasteiger partial charge in [0.1, 0.15) is 6.54 Å². The molecule has 2 amide bonds. The van der Waals surface area contributed by atoms with Crippen LogP contribution in [0, 0.1) is 0 Å². The highest BCUT2D eigenvalue weighted by molar-refractivity contribution is 9.10. The lowest BCUT2D eigenvalue weighted by molar-refractivity contribution is -0.117. The third kappa shape index (κ3) is 2.95. The van der Waals surface area contributed by atoms with Gasteiger partial charge in [0, 0.05) is 27.7 Å². The first kappa shape index (κ1) is 16.9. The first-order valence-corrected chi connectivity index (χ1v) is 10.4. The van der Waals surface area contributed by atoms with Crippen LogP contribution >= 0.6 is 27.3 Å². The van der Waals surface area contributed by atoms with E-state index in [-0.39, 0.29) is 23.8 Å². The molecule has 0 unspecified atom stereocenters. The lowest BCUT2D eigenvalue weighted by Crippen LogP contribution is -2.46. The van der Waals surface area contributed by atoms with Crippen LogP contribution in [-0.2, 0) is 10.2 Å². The molecule has 0 atom stereocenters. The topological polar surface area (TPSA) is 62.3 Å². The van der Waals surface area contributed by atoms with E-state index in [1.807, 2.05) is 30.3 Å². The zero-order valence-electron chi connectivity index (χ0n) is 14.4. The Balaban J connectivity index is 1.35. The van der Waals surface area contributed by atoms with Crippen molar-refractivity contribution in [2.45, 2.75) is 18.3 Å². The Morgan fingerprint density at radius 3 is 2.93 bits per heavy atom. The van der Waals surface area contributed by atoms with Crippen molar-refractivity contribution < 1.29 is 9.59 Å². The molecule has 0 bridgehead atoms. The number of thiazole rings is 1. The number of halogens is 1. The second kappa shape index (κ2) is 6.14. The Bertz CT molecular complexity index is 1090. The average Bonchev–Trinajstić information content (AvgIpc) is 3.26. The van der Waals surface area contributed by atoms with Crippen LogP contribution in [0.25, 0.3) is 10.2 Å². The molecular weight excluding hydrogens is 426 g/mol. The van der Waals surface area contributed by atoms with Crippen LogP contribution in [0.4, 0.5) is 5.69 Å². The van der Waals surface area contributed by atoms with Gasteiger partial charge in [0.2, 0.25) is 5.91 Å². The molecule has 0 saturated heterocycles. The number of carbonyl (C=O) groups excluding carboxylic acids is 2. The van der Waals surface area contributed by atoms with E-state index >= 15 is 0 Å². The Kier molecular flexibility index (Phi) is 3.84. The number of hydrogen-bond acceptors (Lipinski definition) is 4. The molecule has 2 heterocycles. The van der Waals surface area contributed by atoms with E-state index in [1.165, 1.54) is 11.3 Å². The van der Waals surface area contributed by atoms with Crippen molar-refractivity contribution in [2.75, 3.05) is 18.4 Å². The van der Waals surface area contributed by atoms with Gasteiger partial charge in [0.25, 0.3) is 5.91 Å². The second-order valence-corrected chi connectivity index (χ2v) is 9.02. The SMILES string of the molecule is O=C(CN1CC2(CC2)c2cc(Br)ccc2C1=O)Nc1ccc2ncsc2c1. The maximum atomic E-state index is 12.9. The van der Waals surface area contributed by atoms with Gasteiger partial charge in [-0.25, -0.2) is 4.98 Å². The van der Waals surface area contributed by atoms with Crippen LogP contribution < -0.4 is 5.32 Å². The highest BCUT2D eigenvalue weighted by Gasteiger charge is 2.51. The molecule has 1 saturated carbocycles. The van der Waals surface area contributed by atoms with Gasteiger partial charge in [-0.1, -0.05) is 15.9 Å². The summed E-state index contributed by atoms with van der Waals surface area (Å²) in [6.07, 6.45) is 2.12. The van der Waals surface area contributed by atoms with Crippen molar-refractivity contribution in [3.05, 3.63) is 57.5 Å². The van der Waals surface area contributed by atoms with Gasteiger partial charge in [-0.3, -0.25) is 9.59 Å². The Labute approximate surface area is 168 Å².